The number of carbonyl (C=O) groups is 1. The van der Waals surface area contributed by atoms with Gasteiger partial charge in [0.05, 0.1) is 13.7 Å². The lowest BCUT2D eigenvalue weighted by molar-refractivity contribution is -0.132. The zero-order valence-electron chi connectivity index (χ0n) is 14.7. The lowest BCUT2D eigenvalue weighted by atomic mass is 10.1. The van der Waals surface area contributed by atoms with Gasteiger partial charge in [-0.3, -0.25) is 9.69 Å². The summed E-state index contributed by atoms with van der Waals surface area (Å²) in [6, 6.07) is 8.14. The van der Waals surface area contributed by atoms with Crippen LogP contribution in [0.4, 0.5) is 0 Å². The predicted molar refractivity (Wildman–Crippen MR) is 93.4 cm³/mol. The Bertz CT molecular complexity index is 546. The zero-order chi connectivity index (χ0) is 16.9. The van der Waals surface area contributed by atoms with E-state index < -0.39 is 0 Å². The van der Waals surface area contributed by atoms with Crippen LogP contribution in [0, 0.1) is 5.92 Å². The Morgan fingerprint density at radius 2 is 1.92 bits per heavy atom. The maximum Gasteiger partial charge on any atom is 0.226 e. The van der Waals surface area contributed by atoms with Crippen LogP contribution in [0.15, 0.2) is 24.3 Å². The van der Waals surface area contributed by atoms with Gasteiger partial charge in [-0.2, -0.15) is 0 Å². The van der Waals surface area contributed by atoms with Crippen molar-refractivity contribution < 1.29 is 14.3 Å². The second kappa shape index (κ2) is 7.99. The van der Waals surface area contributed by atoms with Gasteiger partial charge in [0.25, 0.3) is 0 Å². The molecule has 0 unspecified atom stereocenters. The first-order chi connectivity index (χ1) is 11.7. The summed E-state index contributed by atoms with van der Waals surface area (Å²) in [7, 11) is 3.41. The molecule has 0 bridgehead atoms. The molecule has 1 aliphatic carbocycles. The molecule has 3 rings (SSSR count). The van der Waals surface area contributed by atoms with E-state index in [1.807, 2.05) is 12.1 Å². The first-order valence-electron chi connectivity index (χ1n) is 8.87. The van der Waals surface area contributed by atoms with Gasteiger partial charge < -0.3 is 14.4 Å². The van der Waals surface area contributed by atoms with E-state index in [9.17, 15) is 4.79 Å². The minimum atomic E-state index is 0.170. The molecule has 1 aromatic carbocycles. The number of rotatable bonds is 6. The average Bonchev–Trinajstić information content (AvgIpc) is 3.43. The van der Waals surface area contributed by atoms with Crippen LogP contribution in [0.25, 0.3) is 0 Å². The van der Waals surface area contributed by atoms with E-state index in [0.29, 0.717) is 11.8 Å². The van der Waals surface area contributed by atoms with Gasteiger partial charge in [-0.05, 0) is 43.0 Å². The maximum absolute atomic E-state index is 12.8. The molecule has 2 aliphatic rings. The average molecular weight is 332 g/mol. The van der Waals surface area contributed by atoms with Crippen LogP contribution in [-0.4, -0.2) is 69.3 Å². The Labute approximate surface area is 144 Å². The number of hydrogen-bond donors (Lipinski definition) is 0. The molecule has 0 aromatic heterocycles. The summed E-state index contributed by atoms with van der Waals surface area (Å²) in [6.07, 6.45) is 2.03. The van der Waals surface area contributed by atoms with Crippen molar-refractivity contribution in [2.45, 2.75) is 18.8 Å². The van der Waals surface area contributed by atoms with Crippen molar-refractivity contribution >= 4 is 5.91 Å². The van der Waals surface area contributed by atoms with Crippen molar-refractivity contribution in [3.8, 4) is 5.75 Å². The molecule has 1 heterocycles. The van der Waals surface area contributed by atoms with Gasteiger partial charge in [-0.1, -0.05) is 12.1 Å². The van der Waals surface area contributed by atoms with Gasteiger partial charge in [-0.15, -0.1) is 0 Å². The molecule has 0 spiro atoms. The Hall–Kier alpha value is -1.59. The summed E-state index contributed by atoms with van der Waals surface area (Å²) in [5.74, 6) is 1.76. The van der Waals surface area contributed by atoms with Gasteiger partial charge in [0.15, 0.2) is 0 Å². The highest BCUT2D eigenvalue weighted by atomic mass is 16.5. The summed E-state index contributed by atoms with van der Waals surface area (Å²) < 4.78 is 10.4. The molecule has 24 heavy (non-hydrogen) atoms. The molecule has 1 aromatic rings. The third-order valence-corrected chi connectivity index (χ3v) is 5.16. The first kappa shape index (κ1) is 17.2. The lowest BCUT2D eigenvalue weighted by Gasteiger charge is -2.22. The Morgan fingerprint density at radius 3 is 2.62 bits per heavy atom. The molecule has 5 nitrogen and oxygen atoms in total. The van der Waals surface area contributed by atoms with Crippen LogP contribution in [0.5, 0.6) is 5.75 Å². The standard InChI is InChI=1S/C19H28N2O3/c1-23-13-12-20-8-3-9-21(11-10-20)19(22)18-14-17(18)15-4-6-16(24-2)7-5-15/h4-7,17-18H,3,8-14H2,1-2H3/t17-,18+/m0/s1. The third-order valence-electron chi connectivity index (χ3n) is 5.16. The van der Waals surface area contributed by atoms with E-state index in [4.69, 9.17) is 9.47 Å². The third kappa shape index (κ3) is 4.08. The van der Waals surface area contributed by atoms with E-state index in [2.05, 4.69) is 21.9 Å². The number of nitrogens with zero attached hydrogens (tertiary/aromatic N) is 2. The number of hydrogen-bond acceptors (Lipinski definition) is 4. The van der Waals surface area contributed by atoms with Crippen LogP contribution >= 0.6 is 0 Å². The highest BCUT2D eigenvalue weighted by Gasteiger charge is 2.45. The van der Waals surface area contributed by atoms with Gasteiger partial charge in [0.1, 0.15) is 5.75 Å². The summed E-state index contributed by atoms with van der Waals surface area (Å²) in [5.41, 5.74) is 1.26. The molecular formula is C19H28N2O3. The highest BCUT2D eigenvalue weighted by Crippen LogP contribution is 2.48. The van der Waals surface area contributed by atoms with Crippen LogP contribution in [-0.2, 0) is 9.53 Å². The fourth-order valence-electron chi connectivity index (χ4n) is 3.56. The van der Waals surface area contributed by atoms with E-state index in [-0.39, 0.29) is 5.92 Å². The zero-order valence-corrected chi connectivity index (χ0v) is 14.7. The summed E-state index contributed by atoms with van der Waals surface area (Å²) in [6.45, 7) is 5.45. The van der Waals surface area contributed by atoms with E-state index in [1.165, 1.54) is 5.56 Å². The molecule has 2 atom stereocenters. The summed E-state index contributed by atoms with van der Waals surface area (Å²) >= 11 is 0. The summed E-state index contributed by atoms with van der Waals surface area (Å²) in [4.78, 5) is 17.3. The van der Waals surface area contributed by atoms with Crippen LogP contribution in [0.1, 0.15) is 24.3 Å². The predicted octanol–water partition coefficient (Wildman–Crippen LogP) is 1.98. The monoisotopic (exact) mass is 332 g/mol. The van der Waals surface area contributed by atoms with Crippen molar-refractivity contribution in [2.75, 3.05) is 53.6 Å². The normalized spacial score (nSPS) is 24.5. The fraction of sp³-hybridized carbons (Fsp3) is 0.632. The first-order valence-corrected chi connectivity index (χ1v) is 8.87. The molecule has 1 saturated carbocycles. The van der Waals surface area contributed by atoms with Crippen molar-refractivity contribution in [3.63, 3.8) is 0 Å². The smallest absolute Gasteiger partial charge is 0.226 e. The lowest BCUT2D eigenvalue weighted by Crippen LogP contribution is -2.37. The second-order valence-electron chi connectivity index (χ2n) is 6.74. The number of amides is 1. The number of ether oxygens (including phenoxy) is 2. The minimum absolute atomic E-state index is 0.170. The van der Waals surface area contributed by atoms with Crippen LogP contribution < -0.4 is 4.74 Å². The van der Waals surface area contributed by atoms with Crippen molar-refractivity contribution in [2.24, 2.45) is 5.92 Å². The molecule has 0 N–H and O–H groups in total. The topological polar surface area (TPSA) is 42.0 Å². The summed E-state index contributed by atoms with van der Waals surface area (Å²) in [5, 5.41) is 0. The fourth-order valence-corrected chi connectivity index (χ4v) is 3.56. The van der Waals surface area contributed by atoms with Gasteiger partial charge >= 0.3 is 0 Å². The molecule has 132 valence electrons. The van der Waals surface area contributed by atoms with Crippen molar-refractivity contribution in [1.29, 1.82) is 0 Å². The molecular weight excluding hydrogens is 304 g/mol. The molecule has 5 heteroatoms. The Morgan fingerprint density at radius 1 is 1.12 bits per heavy atom. The Balaban J connectivity index is 1.52. The highest BCUT2D eigenvalue weighted by molar-refractivity contribution is 5.83. The molecule has 2 fully saturated rings. The van der Waals surface area contributed by atoms with Crippen molar-refractivity contribution in [1.82, 2.24) is 9.80 Å². The molecule has 1 amide bonds. The second-order valence-corrected chi connectivity index (χ2v) is 6.74. The van der Waals surface area contributed by atoms with Gasteiger partial charge in [0, 0.05) is 39.2 Å². The number of benzene rings is 1. The minimum Gasteiger partial charge on any atom is -0.497 e. The van der Waals surface area contributed by atoms with E-state index in [0.717, 1.165) is 57.9 Å². The van der Waals surface area contributed by atoms with Crippen LogP contribution in [0.3, 0.4) is 0 Å². The number of carbonyl (C=O) groups excluding carboxylic acids is 1. The van der Waals surface area contributed by atoms with Crippen LogP contribution in [0.2, 0.25) is 0 Å². The van der Waals surface area contributed by atoms with E-state index in [1.54, 1.807) is 14.2 Å². The molecule has 1 aliphatic heterocycles. The van der Waals surface area contributed by atoms with Gasteiger partial charge in [0.2, 0.25) is 5.91 Å². The Kier molecular flexibility index (Phi) is 5.74. The maximum atomic E-state index is 12.8. The largest absolute Gasteiger partial charge is 0.497 e. The number of methoxy groups -OCH3 is 2. The quantitative estimate of drug-likeness (QED) is 0.799. The SMILES string of the molecule is COCCN1CCCN(C(=O)[C@@H]2C[C@H]2c2ccc(OC)cc2)CC1. The van der Waals surface area contributed by atoms with Crippen molar-refractivity contribution in [3.05, 3.63) is 29.8 Å². The van der Waals surface area contributed by atoms with E-state index >= 15 is 0 Å². The van der Waals surface area contributed by atoms with Gasteiger partial charge in [-0.25, -0.2) is 0 Å². The molecule has 1 saturated heterocycles. The molecule has 0 radical (unpaired) electrons.